The lowest BCUT2D eigenvalue weighted by Crippen LogP contribution is -2.36. The molecular formula is C16H16N2O4. The number of nitrogens with two attached hydrogens (primary N) is 1. The maximum absolute atomic E-state index is 11.8. The van der Waals surface area contributed by atoms with Gasteiger partial charge in [0, 0.05) is 12.1 Å². The van der Waals surface area contributed by atoms with E-state index in [1.807, 2.05) is 0 Å². The topological polar surface area (TPSA) is 102 Å². The molecule has 114 valence electrons. The molecule has 0 bridgehead atoms. The van der Waals surface area contributed by atoms with Gasteiger partial charge in [0.1, 0.15) is 11.8 Å². The number of anilines is 1. The standard InChI is InChI=1S/C16H16N2O4/c17-13(10-11-6-4-5-9-14(11)19)15(20)22-16(21)18-12-7-2-1-3-8-12/h1-9,13,19H,10,17H2,(H,18,21). The number of benzene rings is 2. The van der Waals surface area contributed by atoms with E-state index in [1.54, 1.807) is 48.5 Å². The lowest BCUT2D eigenvalue weighted by atomic mass is 10.1. The summed E-state index contributed by atoms with van der Waals surface area (Å²) in [5.41, 5.74) is 6.71. The molecule has 6 nitrogen and oxygen atoms in total. The van der Waals surface area contributed by atoms with Gasteiger partial charge in [-0.05, 0) is 23.8 Å². The van der Waals surface area contributed by atoms with Crippen molar-refractivity contribution in [3.05, 3.63) is 60.2 Å². The van der Waals surface area contributed by atoms with E-state index in [4.69, 9.17) is 5.73 Å². The number of amides is 1. The summed E-state index contributed by atoms with van der Waals surface area (Å²) in [6.45, 7) is 0. The van der Waals surface area contributed by atoms with E-state index in [0.717, 1.165) is 0 Å². The molecule has 0 radical (unpaired) electrons. The lowest BCUT2D eigenvalue weighted by molar-refractivity contribution is -0.138. The Morgan fingerprint density at radius 1 is 1.09 bits per heavy atom. The average molecular weight is 300 g/mol. The highest BCUT2D eigenvalue weighted by molar-refractivity contribution is 5.94. The highest BCUT2D eigenvalue weighted by Crippen LogP contribution is 2.17. The van der Waals surface area contributed by atoms with Crippen molar-refractivity contribution in [2.45, 2.75) is 12.5 Å². The molecule has 0 aliphatic heterocycles. The van der Waals surface area contributed by atoms with E-state index in [2.05, 4.69) is 10.1 Å². The first-order valence-corrected chi connectivity index (χ1v) is 6.66. The van der Waals surface area contributed by atoms with E-state index in [0.29, 0.717) is 11.3 Å². The molecule has 0 aromatic heterocycles. The van der Waals surface area contributed by atoms with Gasteiger partial charge in [0.2, 0.25) is 0 Å². The number of para-hydroxylation sites is 2. The fourth-order valence-electron chi connectivity index (χ4n) is 1.84. The summed E-state index contributed by atoms with van der Waals surface area (Å²) < 4.78 is 4.63. The molecule has 22 heavy (non-hydrogen) atoms. The molecule has 6 heteroatoms. The van der Waals surface area contributed by atoms with E-state index in [1.165, 1.54) is 6.07 Å². The number of rotatable bonds is 4. The molecule has 2 aromatic carbocycles. The highest BCUT2D eigenvalue weighted by atomic mass is 16.6. The van der Waals surface area contributed by atoms with Crippen LogP contribution in [0.25, 0.3) is 0 Å². The summed E-state index contributed by atoms with van der Waals surface area (Å²) in [6.07, 6.45) is -0.826. The number of phenols is 1. The summed E-state index contributed by atoms with van der Waals surface area (Å²) in [5.74, 6) is -0.823. The number of esters is 1. The van der Waals surface area contributed by atoms with Crippen LogP contribution in [0.5, 0.6) is 5.75 Å². The zero-order valence-corrected chi connectivity index (χ0v) is 11.7. The molecule has 0 heterocycles. The lowest BCUT2D eigenvalue weighted by Gasteiger charge is -2.12. The maximum atomic E-state index is 11.8. The third-order valence-electron chi connectivity index (χ3n) is 2.95. The van der Waals surface area contributed by atoms with Crippen LogP contribution in [0.2, 0.25) is 0 Å². The number of nitrogens with one attached hydrogen (secondary N) is 1. The van der Waals surface area contributed by atoms with Crippen molar-refractivity contribution in [1.82, 2.24) is 0 Å². The van der Waals surface area contributed by atoms with Crippen molar-refractivity contribution < 1.29 is 19.4 Å². The second-order valence-electron chi connectivity index (χ2n) is 4.64. The van der Waals surface area contributed by atoms with Gasteiger partial charge in [0.05, 0.1) is 0 Å². The van der Waals surface area contributed by atoms with Crippen molar-refractivity contribution in [3.8, 4) is 5.75 Å². The molecule has 0 saturated carbocycles. The third-order valence-corrected chi connectivity index (χ3v) is 2.95. The molecular weight excluding hydrogens is 284 g/mol. The van der Waals surface area contributed by atoms with Crippen molar-refractivity contribution in [1.29, 1.82) is 0 Å². The molecule has 4 N–H and O–H groups in total. The van der Waals surface area contributed by atoms with Crippen LogP contribution in [-0.2, 0) is 16.0 Å². The summed E-state index contributed by atoms with van der Waals surface area (Å²) in [6, 6.07) is 14.1. The Balaban J connectivity index is 1.88. The Morgan fingerprint density at radius 2 is 1.73 bits per heavy atom. The molecule has 0 saturated heterocycles. The van der Waals surface area contributed by atoms with Crippen LogP contribution < -0.4 is 11.1 Å². The van der Waals surface area contributed by atoms with E-state index >= 15 is 0 Å². The van der Waals surface area contributed by atoms with Crippen LogP contribution in [0.1, 0.15) is 5.56 Å². The van der Waals surface area contributed by atoms with Crippen LogP contribution in [0.4, 0.5) is 10.5 Å². The smallest absolute Gasteiger partial charge is 0.419 e. The minimum Gasteiger partial charge on any atom is -0.508 e. The van der Waals surface area contributed by atoms with Gasteiger partial charge in [-0.3, -0.25) is 5.32 Å². The van der Waals surface area contributed by atoms with Crippen molar-refractivity contribution >= 4 is 17.7 Å². The summed E-state index contributed by atoms with van der Waals surface area (Å²) in [7, 11) is 0. The minimum absolute atomic E-state index is 0.0412. The third kappa shape index (κ3) is 4.32. The first kappa shape index (κ1) is 15.5. The van der Waals surface area contributed by atoms with Gasteiger partial charge < -0.3 is 15.6 Å². The Hall–Kier alpha value is -2.86. The van der Waals surface area contributed by atoms with Gasteiger partial charge in [-0.15, -0.1) is 0 Å². The van der Waals surface area contributed by atoms with Crippen LogP contribution >= 0.6 is 0 Å². The molecule has 0 aliphatic rings. The van der Waals surface area contributed by atoms with Gasteiger partial charge in [-0.25, -0.2) is 9.59 Å². The number of carbonyl (C=O) groups excluding carboxylic acids is 2. The summed E-state index contributed by atoms with van der Waals surface area (Å²) in [5, 5.41) is 12.0. The van der Waals surface area contributed by atoms with Crippen molar-refractivity contribution in [3.63, 3.8) is 0 Å². The number of ether oxygens (including phenoxy) is 1. The molecule has 2 aromatic rings. The highest BCUT2D eigenvalue weighted by Gasteiger charge is 2.20. The second-order valence-corrected chi connectivity index (χ2v) is 4.64. The SMILES string of the molecule is NC(Cc1ccccc1O)C(=O)OC(=O)Nc1ccccc1. The Morgan fingerprint density at radius 3 is 2.41 bits per heavy atom. The summed E-state index contributed by atoms with van der Waals surface area (Å²) in [4.78, 5) is 23.4. The van der Waals surface area contributed by atoms with Gasteiger partial charge in [-0.1, -0.05) is 36.4 Å². The maximum Gasteiger partial charge on any atom is 0.419 e. The molecule has 0 spiro atoms. The van der Waals surface area contributed by atoms with Crippen LogP contribution in [-0.4, -0.2) is 23.2 Å². The molecule has 1 amide bonds. The van der Waals surface area contributed by atoms with Crippen LogP contribution in [0, 0.1) is 0 Å². The second kappa shape index (κ2) is 7.24. The number of carbonyl (C=O) groups is 2. The first-order valence-electron chi connectivity index (χ1n) is 6.66. The Kier molecular flexibility index (Phi) is 5.11. The predicted octanol–water partition coefficient (Wildman–Crippen LogP) is 2.04. The van der Waals surface area contributed by atoms with Gasteiger partial charge in [0.25, 0.3) is 0 Å². The van der Waals surface area contributed by atoms with E-state index in [9.17, 15) is 14.7 Å². The number of aromatic hydroxyl groups is 1. The average Bonchev–Trinajstić information content (AvgIpc) is 2.50. The summed E-state index contributed by atoms with van der Waals surface area (Å²) >= 11 is 0. The predicted molar refractivity (Wildman–Crippen MR) is 81.3 cm³/mol. The normalized spacial score (nSPS) is 11.5. The van der Waals surface area contributed by atoms with Gasteiger partial charge >= 0.3 is 12.1 Å². The fourth-order valence-corrected chi connectivity index (χ4v) is 1.84. The largest absolute Gasteiger partial charge is 0.508 e. The quantitative estimate of drug-likeness (QED) is 0.592. The van der Waals surface area contributed by atoms with Gasteiger partial charge in [-0.2, -0.15) is 0 Å². The van der Waals surface area contributed by atoms with Crippen molar-refractivity contribution in [2.75, 3.05) is 5.32 Å². The number of hydrogen-bond acceptors (Lipinski definition) is 5. The zero-order valence-electron chi connectivity index (χ0n) is 11.7. The first-order chi connectivity index (χ1) is 10.6. The molecule has 0 aliphatic carbocycles. The Bertz CT molecular complexity index is 658. The van der Waals surface area contributed by atoms with Gasteiger partial charge in [0.15, 0.2) is 0 Å². The number of hydrogen-bond donors (Lipinski definition) is 3. The zero-order chi connectivity index (χ0) is 15.9. The molecule has 2 rings (SSSR count). The van der Waals surface area contributed by atoms with E-state index < -0.39 is 18.1 Å². The van der Waals surface area contributed by atoms with E-state index in [-0.39, 0.29) is 12.2 Å². The van der Waals surface area contributed by atoms with Crippen LogP contribution in [0.15, 0.2) is 54.6 Å². The molecule has 1 atom stereocenters. The van der Waals surface area contributed by atoms with Crippen LogP contribution in [0.3, 0.4) is 0 Å². The molecule has 0 fully saturated rings. The number of phenolic OH excluding ortho intramolecular Hbond substituents is 1. The minimum atomic E-state index is -1.05. The Labute approximate surface area is 127 Å². The fraction of sp³-hybridized carbons (Fsp3) is 0.125. The molecule has 1 unspecified atom stereocenters. The van der Waals surface area contributed by atoms with Crippen molar-refractivity contribution in [2.24, 2.45) is 5.73 Å². The monoisotopic (exact) mass is 300 g/mol.